The molecule has 0 bridgehead atoms. The van der Waals surface area contributed by atoms with Crippen LogP contribution in [0.3, 0.4) is 0 Å². The molecule has 0 fully saturated rings. The van der Waals surface area contributed by atoms with E-state index in [2.05, 4.69) is 12.2 Å². The Morgan fingerprint density at radius 3 is 2.44 bits per heavy atom. The minimum Gasteiger partial charge on any atom is -0.349 e. The second-order valence-corrected chi connectivity index (χ2v) is 4.27. The van der Waals surface area contributed by atoms with Crippen molar-refractivity contribution in [2.24, 2.45) is 0 Å². The van der Waals surface area contributed by atoms with Crippen molar-refractivity contribution in [3.63, 3.8) is 0 Å². The number of rotatable bonds is 5. The SMILES string of the molecule is CCCC(=O)NC(CC)c1ccc(Cl)cc1. The van der Waals surface area contributed by atoms with Gasteiger partial charge in [0.05, 0.1) is 6.04 Å². The molecule has 0 aliphatic carbocycles. The van der Waals surface area contributed by atoms with E-state index in [1.165, 1.54) is 0 Å². The third kappa shape index (κ3) is 3.86. The summed E-state index contributed by atoms with van der Waals surface area (Å²) in [6.45, 7) is 4.06. The van der Waals surface area contributed by atoms with Crippen LogP contribution in [0.2, 0.25) is 5.02 Å². The van der Waals surface area contributed by atoms with Crippen LogP contribution in [0.15, 0.2) is 24.3 Å². The lowest BCUT2D eigenvalue weighted by atomic mass is 10.0. The average molecular weight is 240 g/mol. The number of halogens is 1. The van der Waals surface area contributed by atoms with E-state index >= 15 is 0 Å². The first-order chi connectivity index (χ1) is 7.67. The Bertz CT molecular complexity index is 334. The average Bonchev–Trinajstić information content (AvgIpc) is 2.27. The third-order valence-corrected chi connectivity index (χ3v) is 2.74. The molecule has 1 aromatic carbocycles. The van der Waals surface area contributed by atoms with Gasteiger partial charge in [-0.25, -0.2) is 0 Å². The molecule has 1 amide bonds. The summed E-state index contributed by atoms with van der Waals surface area (Å²) in [7, 11) is 0. The molecule has 1 atom stereocenters. The molecule has 0 aromatic heterocycles. The highest BCUT2D eigenvalue weighted by Crippen LogP contribution is 2.19. The lowest BCUT2D eigenvalue weighted by Crippen LogP contribution is -2.27. The third-order valence-electron chi connectivity index (χ3n) is 2.49. The van der Waals surface area contributed by atoms with E-state index in [1.807, 2.05) is 31.2 Å². The first-order valence-corrected chi connectivity index (χ1v) is 6.10. The predicted molar refractivity (Wildman–Crippen MR) is 67.5 cm³/mol. The van der Waals surface area contributed by atoms with Crippen molar-refractivity contribution in [3.05, 3.63) is 34.9 Å². The van der Waals surface area contributed by atoms with Gasteiger partial charge in [-0.15, -0.1) is 0 Å². The van der Waals surface area contributed by atoms with Crippen LogP contribution in [0.1, 0.15) is 44.7 Å². The van der Waals surface area contributed by atoms with Crippen LogP contribution in [0.5, 0.6) is 0 Å². The first-order valence-electron chi connectivity index (χ1n) is 5.72. The number of nitrogens with one attached hydrogen (secondary N) is 1. The molecule has 0 saturated carbocycles. The topological polar surface area (TPSA) is 29.1 Å². The summed E-state index contributed by atoms with van der Waals surface area (Å²) in [6, 6.07) is 7.72. The summed E-state index contributed by atoms with van der Waals surface area (Å²) in [6.07, 6.45) is 2.35. The van der Waals surface area contributed by atoms with Crippen LogP contribution in [0.4, 0.5) is 0 Å². The molecule has 0 aliphatic heterocycles. The Morgan fingerprint density at radius 2 is 1.94 bits per heavy atom. The summed E-state index contributed by atoms with van der Waals surface area (Å²) in [5.74, 6) is 0.115. The molecule has 0 radical (unpaired) electrons. The van der Waals surface area contributed by atoms with Crippen molar-refractivity contribution < 1.29 is 4.79 Å². The quantitative estimate of drug-likeness (QED) is 0.834. The monoisotopic (exact) mass is 239 g/mol. The largest absolute Gasteiger partial charge is 0.349 e. The Hall–Kier alpha value is -1.02. The zero-order chi connectivity index (χ0) is 12.0. The number of carbonyl (C=O) groups excluding carboxylic acids is 1. The Kier molecular flexibility index (Phi) is 5.33. The zero-order valence-electron chi connectivity index (χ0n) is 9.79. The molecule has 0 spiro atoms. The van der Waals surface area contributed by atoms with Gasteiger partial charge in [0.15, 0.2) is 0 Å². The van der Waals surface area contributed by atoms with Crippen molar-refractivity contribution in [2.45, 2.75) is 39.2 Å². The molecule has 1 N–H and O–H groups in total. The van der Waals surface area contributed by atoms with E-state index in [9.17, 15) is 4.79 Å². The van der Waals surface area contributed by atoms with Gasteiger partial charge >= 0.3 is 0 Å². The van der Waals surface area contributed by atoms with Crippen LogP contribution in [0, 0.1) is 0 Å². The standard InChI is InChI=1S/C13H18ClNO/c1-3-5-13(16)15-12(4-2)10-6-8-11(14)9-7-10/h6-9,12H,3-5H2,1-2H3,(H,15,16). The van der Waals surface area contributed by atoms with Crippen molar-refractivity contribution in [1.82, 2.24) is 5.32 Å². The fraction of sp³-hybridized carbons (Fsp3) is 0.462. The maximum absolute atomic E-state index is 11.5. The molecule has 3 heteroatoms. The number of benzene rings is 1. The highest BCUT2D eigenvalue weighted by atomic mass is 35.5. The molecule has 0 heterocycles. The van der Waals surface area contributed by atoms with Crippen LogP contribution in [-0.2, 0) is 4.79 Å². The predicted octanol–water partition coefficient (Wildman–Crippen LogP) is 3.71. The van der Waals surface area contributed by atoms with E-state index in [0.717, 1.165) is 23.4 Å². The van der Waals surface area contributed by atoms with Gasteiger partial charge in [-0.05, 0) is 30.5 Å². The highest BCUT2D eigenvalue weighted by molar-refractivity contribution is 6.30. The molecule has 16 heavy (non-hydrogen) atoms. The highest BCUT2D eigenvalue weighted by Gasteiger charge is 2.11. The van der Waals surface area contributed by atoms with Gasteiger partial charge in [0.1, 0.15) is 0 Å². The minimum atomic E-state index is 0.0938. The second-order valence-electron chi connectivity index (χ2n) is 3.83. The summed E-state index contributed by atoms with van der Waals surface area (Å²) >= 11 is 5.83. The Morgan fingerprint density at radius 1 is 1.31 bits per heavy atom. The Balaban J connectivity index is 2.67. The van der Waals surface area contributed by atoms with Gasteiger partial charge in [-0.2, -0.15) is 0 Å². The summed E-state index contributed by atoms with van der Waals surface area (Å²) in [5, 5.41) is 3.74. The lowest BCUT2D eigenvalue weighted by molar-refractivity contribution is -0.121. The van der Waals surface area contributed by atoms with Gasteiger partial charge in [0.25, 0.3) is 0 Å². The Labute approximate surface area is 102 Å². The number of hydrogen-bond acceptors (Lipinski definition) is 1. The van der Waals surface area contributed by atoms with Gasteiger partial charge in [0, 0.05) is 11.4 Å². The zero-order valence-corrected chi connectivity index (χ0v) is 10.6. The van der Waals surface area contributed by atoms with Gasteiger partial charge in [0.2, 0.25) is 5.91 Å². The normalized spacial score (nSPS) is 12.2. The number of carbonyl (C=O) groups is 1. The molecular weight excluding hydrogens is 222 g/mol. The van der Waals surface area contributed by atoms with Crippen LogP contribution in [-0.4, -0.2) is 5.91 Å². The fourth-order valence-electron chi connectivity index (χ4n) is 1.61. The van der Waals surface area contributed by atoms with Gasteiger partial charge in [-0.1, -0.05) is 37.6 Å². The van der Waals surface area contributed by atoms with Crippen molar-refractivity contribution in [1.29, 1.82) is 0 Å². The van der Waals surface area contributed by atoms with Gasteiger partial charge in [-0.3, -0.25) is 4.79 Å². The van der Waals surface area contributed by atoms with E-state index in [0.29, 0.717) is 6.42 Å². The molecule has 88 valence electrons. The molecular formula is C13H18ClNO. The molecule has 0 saturated heterocycles. The fourth-order valence-corrected chi connectivity index (χ4v) is 1.74. The van der Waals surface area contributed by atoms with Crippen LogP contribution >= 0.6 is 11.6 Å². The van der Waals surface area contributed by atoms with Crippen LogP contribution in [0.25, 0.3) is 0 Å². The summed E-state index contributed by atoms with van der Waals surface area (Å²) < 4.78 is 0. The second kappa shape index (κ2) is 6.54. The molecule has 2 nitrogen and oxygen atoms in total. The number of amides is 1. The maximum atomic E-state index is 11.5. The lowest BCUT2D eigenvalue weighted by Gasteiger charge is -2.17. The van der Waals surface area contributed by atoms with Crippen LogP contribution < -0.4 is 5.32 Å². The maximum Gasteiger partial charge on any atom is 0.220 e. The summed E-state index contributed by atoms with van der Waals surface area (Å²) in [4.78, 5) is 11.5. The van der Waals surface area contributed by atoms with Gasteiger partial charge < -0.3 is 5.32 Å². The van der Waals surface area contributed by atoms with E-state index < -0.39 is 0 Å². The summed E-state index contributed by atoms with van der Waals surface area (Å²) in [5.41, 5.74) is 1.11. The molecule has 0 aliphatic rings. The smallest absolute Gasteiger partial charge is 0.220 e. The van der Waals surface area contributed by atoms with Crippen molar-refractivity contribution in [3.8, 4) is 0 Å². The molecule has 1 aromatic rings. The van der Waals surface area contributed by atoms with E-state index in [4.69, 9.17) is 11.6 Å². The number of hydrogen-bond donors (Lipinski definition) is 1. The van der Waals surface area contributed by atoms with Crippen molar-refractivity contribution >= 4 is 17.5 Å². The van der Waals surface area contributed by atoms with E-state index in [-0.39, 0.29) is 11.9 Å². The molecule has 1 rings (SSSR count). The minimum absolute atomic E-state index is 0.0938. The molecule has 1 unspecified atom stereocenters. The first kappa shape index (κ1) is 13.0. The van der Waals surface area contributed by atoms with E-state index in [1.54, 1.807) is 0 Å². The van der Waals surface area contributed by atoms with Crippen molar-refractivity contribution in [2.75, 3.05) is 0 Å².